The number of halogens is 1. The van der Waals surface area contributed by atoms with E-state index in [2.05, 4.69) is 18.3 Å². The highest BCUT2D eigenvalue weighted by Crippen LogP contribution is 2.24. The van der Waals surface area contributed by atoms with E-state index in [0.29, 0.717) is 12.3 Å². The molecule has 106 valence electrons. The van der Waals surface area contributed by atoms with Crippen molar-refractivity contribution in [3.05, 3.63) is 59.4 Å². The summed E-state index contributed by atoms with van der Waals surface area (Å²) in [6, 6.07) is 12.7. The Morgan fingerprint density at radius 1 is 1.00 bits per heavy atom. The summed E-state index contributed by atoms with van der Waals surface area (Å²) in [5, 5.41) is 3.18. The monoisotopic (exact) mass is 273 g/mol. The number of hydrogen-bond donors (Lipinski definition) is 1. The van der Waals surface area contributed by atoms with Gasteiger partial charge in [-0.05, 0) is 48.4 Å². The van der Waals surface area contributed by atoms with Crippen molar-refractivity contribution in [2.24, 2.45) is 0 Å². The highest BCUT2D eigenvalue weighted by molar-refractivity contribution is 5.36. The Bertz CT molecular complexity index is 569. The summed E-state index contributed by atoms with van der Waals surface area (Å²) in [7, 11) is 0. The van der Waals surface area contributed by atoms with E-state index in [1.54, 1.807) is 0 Å². The quantitative estimate of drug-likeness (QED) is 0.847. The van der Waals surface area contributed by atoms with Gasteiger partial charge in [0.25, 0.3) is 0 Å². The van der Waals surface area contributed by atoms with Gasteiger partial charge in [-0.15, -0.1) is 0 Å². The fraction of sp³-hybridized carbons (Fsp3) is 0.294. The zero-order valence-electron chi connectivity index (χ0n) is 11.9. The van der Waals surface area contributed by atoms with Gasteiger partial charge < -0.3 is 10.1 Å². The van der Waals surface area contributed by atoms with Gasteiger partial charge in [-0.1, -0.05) is 26.0 Å². The summed E-state index contributed by atoms with van der Waals surface area (Å²) < 4.78 is 19.3. The number of ether oxygens (including phenoxy) is 1. The Morgan fingerprint density at radius 2 is 1.80 bits per heavy atom. The minimum absolute atomic E-state index is 0.276. The van der Waals surface area contributed by atoms with E-state index in [-0.39, 0.29) is 5.82 Å². The van der Waals surface area contributed by atoms with Crippen LogP contribution in [0, 0.1) is 5.82 Å². The van der Waals surface area contributed by atoms with E-state index in [0.717, 1.165) is 24.3 Å². The Balaban J connectivity index is 2.17. The fourth-order valence-corrected chi connectivity index (χ4v) is 2.02. The van der Waals surface area contributed by atoms with Crippen LogP contribution in [0.25, 0.3) is 0 Å². The van der Waals surface area contributed by atoms with E-state index in [1.165, 1.54) is 17.7 Å². The topological polar surface area (TPSA) is 21.3 Å². The van der Waals surface area contributed by atoms with Crippen molar-refractivity contribution in [3.63, 3.8) is 0 Å². The van der Waals surface area contributed by atoms with E-state index < -0.39 is 0 Å². The van der Waals surface area contributed by atoms with Crippen molar-refractivity contribution in [2.45, 2.75) is 26.8 Å². The van der Waals surface area contributed by atoms with Gasteiger partial charge in [0.1, 0.15) is 17.3 Å². The first-order chi connectivity index (χ1) is 9.71. The Labute approximate surface area is 119 Å². The van der Waals surface area contributed by atoms with Crippen molar-refractivity contribution in [3.8, 4) is 11.5 Å². The molecule has 0 aliphatic carbocycles. The van der Waals surface area contributed by atoms with Gasteiger partial charge in [0.2, 0.25) is 0 Å². The lowest BCUT2D eigenvalue weighted by atomic mass is 10.1. The molecule has 2 rings (SSSR count). The molecule has 0 saturated carbocycles. The maximum absolute atomic E-state index is 13.6. The molecule has 0 aromatic heterocycles. The average Bonchev–Trinajstić information content (AvgIpc) is 2.44. The predicted octanol–water partition coefficient (Wildman–Crippen LogP) is 4.29. The number of rotatable bonds is 6. The normalized spacial score (nSPS) is 10.6. The molecule has 20 heavy (non-hydrogen) atoms. The maximum atomic E-state index is 13.6. The molecule has 0 unspecified atom stereocenters. The molecule has 0 radical (unpaired) electrons. The molecule has 2 aromatic rings. The predicted molar refractivity (Wildman–Crippen MR) is 79.7 cm³/mol. The van der Waals surface area contributed by atoms with E-state index >= 15 is 0 Å². The third-order valence-corrected chi connectivity index (χ3v) is 3.05. The first-order valence-electron chi connectivity index (χ1n) is 6.98. The molecule has 3 heteroatoms. The fourth-order valence-electron chi connectivity index (χ4n) is 2.02. The lowest BCUT2D eigenvalue weighted by Gasteiger charge is -2.09. The summed E-state index contributed by atoms with van der Waals surface area (Å²) in [6.07, 6.45) is 0.950. The van der Waals surface area contributed by atoms with Gasteiger partial charge in [0.05, 0.1) is 0 Å². The van der Waals surface area contributed by atoms with Crippen molar-refractivity contribution in [1.29, 1.82) is 0 Å². The van der Waals surface area contributed by atoms with E-state index in [4.69, 9.17) is 4.74 Å². The van der Waals surface area contributed by atoms with Crippen LogP contribution in [0.1, 0.15) is 25.0 Å². The summed E-state index contributed by atoms with van der Waals surface area (Å²) in [4.78, 5) is 0. The van der Waals surface area contributed by atoms with Gasteiger partial charge in [-0.2, -0.15) is 0 Å². The molecule has 2 nitrogen and oxygen atoms in total. The summed E-state index contributed by atoms with van der Waals surface area (Å²) >= 11 is 0. The molecule has 0 spiro atoms. The molecule has 0 heterocycles. The zero-order chi connectivity index (χ0) is 14.4. The number of aryl methyl sites for hydroxylation is 1. The van der Waals surface area contributed by atoms with E-state index in [1.807, 2.05) is 31.2 Å². The number of hydrogen-bond acceptors (Lipinski definition) is 2. The first kappa shape index (κ1) is 14.5. The molecule has 0 amide bonds. The lowest BCUT2D eigenvalue weighted by molar-refractivity contribution is 0.474. The molecule has 0 bridgehead atoms. The standard InChI is InChI=1S/C17H20FNO/c1-3-13-6-5-7-16(9-13)20-17-10-14(12-19-4-2)8-15(18)11-17/h5-11,19H,3-4,12H2,1-2H3. The molecule has 0 saturated heterocycles. The summed E-state index contributed by atoms with van der Waals surface area (Å²) in [5.41, 5.74) is 2.08. The minimum atomic E-state index is -0.276. The minimum Gasteiger partial charge on any atom is -0.457 e. The molecule has 0 atom stereocenters. The maximum Gasteiger partial charge on any atom is 0.130 e. The summed E-state index contributed by atoms with van der Waals surface area (Å²) in [5.74, 6) is 0.998. The van der Waals surface area contributed by atoms with Gasteiger partial charge in [-0.3, -0.25) is 0 Å². The third-order valence-electron chi connectivity index (χ3n) is 3.05. The van der Waals surface area contributed by atoms with Crippen LogP contribution in [0.4, 0.5) is 4.39 Å². The van der Waals surface area contributed by atoms with Crippen molar-refractivity contribution in [1.82, 2.24) is 5.32 Å². The number of benzene rings is 2. The van der Waals surface area contributed by atoms with Crippen LogP contribution in [-0.4, -0.2) is 6.54 Å². The molecular formula is C17H20FNO. The van der Waals surface area contributed by atoms with Crippen LogP contribution in [0.3, 0.4) is 0 Å². The smallest absolute Gasteiger partial charge is 0.130 e. The van der Waals surface area contributed by atoms with Crippen molar-refractivity contribution < 1.29 is 9.13 Å². The third kappa shape index (κ3) is 4.07. The molecule has 2 aromatic carbocycles. The van der Waals surface area contributed by atoms with Crippen LogP contribution in [0.2, 0.25) is 0 Å². The molecular weight excluding hydrogens is 253 g/mol. The van der Waals surface area contributed by atoms with Crippen LogP contribution in [0.15, 0.2) is 42.5 Å². The SMILES string of the molecule is CCNCc1cc(F)cc(Oc2cccc(CC)c2)c1. The molecule has 0 aliphatic heterocycles. The summed E-state index contributed by atoms with van der Waals surface area (Å²) in [6.45, 7) is 5.60. The zero-order valence-corrected chi connectivity index (χ0v) is 11.9. The second-order valence-corrected chi connectivity index (χ2v) is 4.68. The average molecular weight is 273 g/mol. The second kappa shape index (κ2) is 7.06. The lowest BCUT2D eigenvalue weighted by Crippen LogP contribution is -2.11. The first-order valence-corrected chi connectivity index (χ1v) is 6.98. The molecule has 0 fully saturated rings. The van der Waals surface area contributed by atoms with Crippen LogP contribution >= 0.6 is 0 Å². The largest absolute Gasteiger partial charge is 0.457 e. The van der Waals surface area contributed by atoms with Crippen molar-refractivity contribution in [2.75, 3.05) is 6.54 Å². The van der Waals surface area contributed by atoms with Crippen LogP contribution in [-0.2, 0) is 13.0 Å². The van der Waals surface area contributed by atoms with Crippen LogP contribution < -0.4 is 10.1 Å². The van der Waals surface area contributed by atoms with E-state index in [9.17, 15) is 4.39 Å². The molecule has 0 aliphatic rings. The highest BCUT2D eigenvalue weighted by atomic mass is 19.1. The van der Waals surface area contributed by atoms with Gasteiger partial charge >= 0.3 is 0 Å². The number of nitrogens with one attached hydrogen (secondary N) is 1. The highest BCUT2D eigenvalue weighted by Gasteiger charge is 2.04. The van der Waals surface area contributed by atoms with Gasteiger partial charge in [0.15, 0.2) is 0 Å². The Morgan fingerprint density at radius 3 is 2.55 bits per heavy atom. The van der Waals surface area contributed by atoms with Gasteiger partial charge in [-0.25, -0.2) is 4.39 Å². The van der Waals surface area contributed by atoms with Crippen molar-refractivity contribution >= 4 is 0 Å². The Kier molecular flexibility index (Phi) is 5.13. The second-order valence-electron chi connectivity index (χ2n) is 4.68. The molecule has 1 N–H and O–H groups in total. The Hall–Kier alpha value is -1.87. The van der Waals surface area contributed by atoms with Gasteiger partial charge in [0, 0.05) is 12.6 Å². The van der Waals surface area contributed by atoms with Crippen LogP contribution in [0.5, 0.6) is 11.5 Å².